The van der Waals surface area contributed by atoms with Gasteiger partial charge in [-0.25, -0.2) is 0 Å². The zero-order valence-corrected chi connectivity index (χ0v) is 11.3. The van der Waals surface area contributed by atoms with Crippen LogP contribution < -0.4 is 0 Å². The fraction of sp³-hybridized carbons (Fsp3) is 0.600. The molecule has 0 aromatic rings. The van der Waals surface area contributed by atoms with Crippen LogP contribution in [0.2, 0.25) is 0 Å². The van der Waals surface area contributed by atoms with E-state index in [9.17, 15) is 19.2 Å². The van der Waals surface area contributed by atoms with Gasteiger partial charge in [0, 0.05) is 25.4 Å². The van der Waals surface area contributed by atoms with E-state index in [1.165, 1.54) is 13.8 Å². The van der Waals surface area contributed by atoms with Gasteiger partial charge >= 0.3 is 11.9 Å². The van der Waals surface area contributed by atoms with Gasteiger partial charge in [-0.05, 0) is 0 Å². The van der Waals surface area contributed by atoms with Gasteiger partial charge in [-0.15, -0.1) is 0 Å². The van der Waals surface area contributed by atoms with Gasteiger partial charge in [0.2, 0.25) is 0 Å². The first kappa shape index (κ1) is 16.2. The minimum absolute atomic E-state index is 0.0236. The quantitative estimate of drug-likeness (QED) is 0.536. The highest BCUT2D eigenvalue weighted by molar-refractivity contribution is 8.13. The van der Waals surface area contributed by atoms with Crippen LogP contribution in [0.15, 0.2) is 0 Å². The highest BCUT2D eigenvalue weighted by Gasteiger charge is 2.11. The standard InChI is InChI=1S/C10H14O5S2/c1-7(11)16-5-3-9(13)15-10(14)4-6-17-8(2)12/h3-6H2,1-2H3. The molecule has 0 radical (unpaired) electrons. The highest BCUT2D eigenvalue weighted by atomic mass is 32.2. The summed E-state index contributed by atoms with van der Waals surface area (Å²) in [5, 5.41) is -0.163. The molecule has 0 bridgehead atoms. The van der Waals surface area contributed by atoms with Gasteiger partial charge in [0.15, 0.2) is 10.2 Å². The second-order valence-corrected chi connectivity index (χ2v) is 5.57. The summed E-state index contributed by atoms with van der Waals surface area (Å²) in [6.07, 6.45) is 0.0473. The molecule has 0 unspecified atom stereocenters. The number of esters is 2. The zero-order valence-electron chi connectivity index (χ0n) is 9.69. The van der Waals surface area contributed by atoms with E-state index in [2.05, 4.69) is 4.74 Å². The Balaban J connectivity index is 3.62. The van der Waals surface area contributed by atoms with E-state index in [4.69, 9.17) is 0 Å². The van der Waals surface area contributed by atoms with E-state index >= 15 is 0 Å². The molecule has 0 saturated carbocycles. The molecule has 7 heteroatoms. The van der Waals surface area contributed by atoms with E-state index < -0.39 is 11.9 Å². The lowest BCUT2D eigenvalue weighted by atomic mass is 10.5. The largest absolute Gasteiger partial charge is 0.393 e. The Bertz CT molecular complexity index is 284. The maximum absolute atomic E-state index is 11.1. The zero-order chi connectivity index (χ0) is 13.3. The maximum atomic E-state index is 11.1. The van der Waals surface area contributed by atoms with Crippen LogP contribution in [-0.4, -0.2) is 33.7 Å². The predicted molar refractivity (Wildman–Crippen MR) is 66.6 cm³/mol. The average molecular weight is 278 g/mol. The highest BCUT2D eigenvalue weighted by Crippen LogP contribution is 2.06. The first-order chi connectivity index (χ1) is 7.91. The number of rotatable bonds is 6. The van der Waals surface area contributed by atoms with Crippen molar-refractivity contribution in [1.29, 1.82) is 0 Å². The fourth-order valence-electron chi connectivity index (χ4n) is 0.785. The van der Waals surface area contributed by atoms with Crippen molar-refractivity contribution in [3.8, 4) is 0 Å². The van der Waals surface area contributed by atoms with Crippen LogP contribution in [0.1, 0.15) is 26.7 Å². The number of thioether (sulfide) groups is 2. The van der Waals surface area contributed by atoms with Crippen molar-refractivity contribution in [3.05, 3.63) is 0 Å². The van der Waals surface area contributed by atoms with Gasteiger partial charge in [-0.1, -0.05) is 23.5 Å². The fourth-order valence-corrected chi connectivity index (χ4v) is 1.90. The van der Waals surface area contributed by atoms with Crippen LogP contribution in [0, 0.1) is 0 Å². The van der Waals surface area contributed by atoms with Crippen LogP contribution in [-0.2, 0) is 23.9 Å². The Hall–Kier alpha value is -0.820. The molecule has 5 nitrogen and oxygen atoms in total. The van der Waals surface area contributed by atoms with Gasteiger partial charge < -0.3 is 4.74 Å². The summed E-state index contributed by atoms with van der Waals surface area (Å²) in [6.45, 7) is 2.81. The second kappa shape index (κ2) is 9.23. The number of hydrogen-bond donors (Lipinski definition) is 0. The summed E-state index contributed by atoms with van der Waals surface area (Å²) in [5.41, 5.74) is 0. The molecule has 0 N–H and O–H groups in total. The van der Waals surface area contributed by atoms with Crippen LogP contribution in [0.4, 0.5) is 0 Å². The monoisotopic (exact) mass is 278 g/mol. The van der Waals surface area contributed by atoms with Crippen molar-refractivity contribution in [1.82, 2.24) is 0 Å². The normalized spacial score (nSPS) is 9.76. The van der Waals surface area contributed by atoms with Crippen molar-refractivity contribution >= 4 is 45.7 Å². The van der Waals surface area contributed by atoms with Crippen molar-refractivity contribution < 1.29 is 23.9 Å². The summed E-state index contributed by atoms with van der Waals surface area (Å²) < 4.78 is 4.49. The predicted octanol–water partition coefficient (Wildman–Crippen LogP) is 1.40. The van der Waals surface area contributed by atoms with Gasteiger partial charge in [0.25, 0.3) is 0 Å². The van der Waals surface area contributed by atoms with Gasteiger partial charge in [0.05, 0.1) is 12.8 Å². The van der Waals surface area contributed by atoms with Crippen LogP contribution in [0.3, 0.4) is 0 Å². The van der Waals surface area contributed by atoms with Gasteiger partial charge in [0.1, 0.15) is 0 Å². The molecule has 96 valence electrons. The summed E-state index contributed by atoms with van der Waals surface area (Å²) in [4.78, 5) is 43.3. The molecule has 0 amide bonds. The van der Waals surface area contributed by atoms with E-state index in [1.54, 1.807) is 0 Å². The molecule has 0 spiro atoms. The third kappa shape index (κ3) is 11.4. The maximum Gasteiger partial charge on any atom is 0.314 e. The molecule has 0 rings (SSSR count). The smallest absolute Gasteiger partial charge is 0.314 e. The Morgan fingerprint density at radius 1 is 0.824 bits per heavy atom. The summed E-state index contributed by atoms with van der Waals surface area (Å²) >= 11 is 2.02. The first-order valence-electron chi connectivity index (χ1n) is 4.92. The Morgan fingerprint density at radius 2 is 1.18 bits per heavy atom. The Kier molecular flexibility index (Phi) is 8.79. The number of hydrogen-bond acceptors (Lipinski definition) is 7. The third-order valence-corrected chi connectivity index (χ3v) is 3.08. The number of ether oxygens (including phenoxy) is 1. The SMILES string of the molecule is CC(=O)SCCC(=O)OC(=O)CCSC(C)=O. The topological polar surface area (TPSA) is 77.5 Å². The molecule has 0 aliphatic heterocycles. The molecule has 0 aromatic heterocycles. The van der Waals surface area contributed by atoms with Crippen molar-refractivity contribution in [2.75, 3.05) is 11.5 Å². The number of carbonyl (C=O) groups excluding carboxylic acids is 4. The summed E-state index contributed by atoms with van der Waals surface area (Å²) in [7, 11) is 0. The molecular formula is C10H14O5S2. The molecule has 0 fully saturated rings. The lowest BCUT2D eigenvalue weighted by Gasteiger charge is -2.01. The molecule has 0 atom stereocenters. The lowest BCUT2D eigenvalue weighted by molar-refractivity contribution is -0.159. The second-order valence-electron chi connectivity index (χ2n) is 3.03. The Labute approximate surface area is 108 Å². The molecule has 17 heavy (non-hydrogen) atoms. The Morgan fingerprint density at radius 3 is 1.47 bits per heavy atom. The number of carbonyl (C=O) groups is 4. The minimum Gasteiger partial charge on any atom is -0.393 e. The van der Waals surface area contributed by atoms with E-state index in [1.807, 2.05) is 0 Å². The summed E-state index contributed by atoms with van der Waals surface area (Å²) in [6, 6.07) is 0. The molecular weight excluding hydrogens is 264 g/mol. The van der Waals surface area contributed by atoms with Crippen LogP contribution >= 0.6 is 23.5 Å². The average Bonchev–Trinajstić information content (AvgIpc) is 2.15. The molecule has 0 aliphatic carbocycles. The van der Waals surface area contributed by atoms with Crippen molar-refractivity contribution in [2.24, 2.45) is 0 Å². The summed E-state index contributed by atoms with van der Waals surface area (Å²) in [5.74, 6) is -0.666. The first-order valence-corrected chi connectivity index (χ1v) is 6.89. The van der Waals surface area contributed by atoms with E-state index in [0.29, 0.717) is 11.5 Å². The van der Waals surface area contributed by atoms with E-state index in [0.717, 1.165) is 23.5 Å². The van der Waals surface area contributed by atoms with E-state index in [-0.39, 0.29) is 23.1 Å². The van der Waals surface area contributed by atoms with Crippen LogP contribution in [0.25, 0.3) is 0 Å². The molecule has 0 saturated heterocycles. The van der Waals surface area contributed by atoms with Gasteiger partial charge in [-0.2, -0.15) is 0 Å². The lowest BCUT2D eigenvalue weighted by Crippen LogP contribution is -2.13. The van der Waals surface area contributed by atoms with Gasteiger partial charge in [-0.3, -0.25) is 19.2 Å². The third-order valence-electron chi connectivity index (χ3n) is 1.45. The van der Waals surface area contributed by atoms with Crippen molar-refractivity contribution in [3.63, 3.8) is 0 Å². The van der Waals surface area contributed by atoms with Crippen molar-refractivity contribution in [2.45, 2.75) is 26.7 Å². The molecule has 0 heterocycles. The minimum atomic E-state index is -0.642. The molecule has 0 aliphatic rings. The van der Waals surface area contributed by atoms with Crippen LogP contribution in [0.5, 0.6) is 0 Å². The molecule has 0 aromatic carbocycles.